The first-order valence-corrected chi connectivity index (χ1v) is 6.12. The second-order valence-electron chi connectivity index (χ2n) is 4.05. The summed E-state index contributed by atoms with van der Waals surface area (Å²) in [6, 6.07) is 3.45. The molecule has 7 heteroatoms. The summed E-state index contributed by atoms with van der Waals surface area (Å²) in [5, 5.41) is 2.59. The topological polar surface area (TPSA) is 87.0 Å². The normalized spacial score (nSPS) is 15.3. The molecule has 1 aromatic heterocycles. The lowest BCUT2D eigenvalue weighted by Gasteiger charge is -2.17. The highest BCUT2D eigenvalue weighted by Gasteiger charge is 2.23. The SMILES string of the molecule is C[C@@H](OC(=O)C1=COCCO1)C(=O)NCc1ccco1. The molecule has 7 nitrogen and oxygen atoms in total. The van der Waals surface area contributed by atoms with E-state index in [9.17, 15) is 9.59 Å². The van der Waals surface area contributed by atoms with Crippen LogP contribution < -0.4 is 5.32 Å². The molecule has 20 heavy (non-hydrogen) atoms. The van der Waals surface area contributed by atoms with Gasteiger partial charge in [0.25, 0.3) is 5.91 Å². The lowest BCUT2D eigenvalue weighted by molar-refractivity contribution is -0.155. The quantitative estimate of drug-likeness (QED) is 0.800. The second-order valence-corrected chi connectivity index (χ2v) is 4.05. The first kappa shape index (κ1) is 14.0. The molecule has 0 radical (unpaired) electrons. The van der Waals surface area contributed by atoms with Crippen LogP contribution in [0.3, 0.4) is 0 Å². The maximum Gasteiger partial charge on any atom is 0.377 e. The molecular weight excluding hydrogens is 266 g/mol. The summed E-state index contributed by atoms with van der Waals surface area (Å²) in [5.74, 6) is -0.581. The van der Waals surface area contributed by atoms with Crippen LogP contribution >= 0.6 is 0 Å². The summed E-state index contributed by atoms with van der Waals surface area (Å²) in [6.45, 7) is 2.37. The van der Waals surface area contributed by atoms with Gasteiger partial charge in [-0.3, -0.25) is 4.79 Å². The van der Waals surface area contributed by atoms with E-state index in [1.165, 1.54) is 19.4 Å². The second kappa shape index (κ2) is 6.65. The zero-order valence-electron chi connectivity index (χ0n) is 11.0. The van der Waals surface area contributed by atoms with E-state index in [0.29, 0.717) is 12.4 Å². The van der Waals surface area contributed by atoms with Crippen molar-refractivity contribution in [1.29, 1.82) is 0 Å². The van der Waals surface area contributed by atoms with Crippen LogP contribution in [-0.4, -0.2) is 31.2 Å². The Labute approximate surface area is 115 Å². The van der Waals surface area contributed by atoms with E-state index >= 15 is 0 Å². The highest BCUT2D eigenvalue weighted by Crippen LogP contribution is 2.08. The number of carbonyl (C=O) groups excluding carboxylic acids is 2. The molecule has 1 amide bonds. The van der Waals surface area contributed by atoms with Crippen LogP contribution in [0.1, 0.15) is 12.7 Å². The minimum atomic E-state index is -0.941. The van der Waals surface area contributed by atoms with Crippen LogP contribution in [0.4, 0.5) is 0 Å². The molecule has 1 N–H and O–H groups in total. The zero-order chi connectivity index (χ0) is 14.4. The zero-order valence-corrected chi connectivity index (χ0v) is 11.0. The van der Waals surface area contributed by atoms with Crippen LogP contribution in [0.2, 0.25) is 0 Å². The smallest absolute Gasteiger partial charge is 0.377 e. The van der Waals surface area contributed by atoms with Crippen LogP contribution in [-0.2, 0) is 30.3 Å². The van der Waals surface area contributed by atoms with Crippen LogP contribution in [0.5, 0.6) is 0 Å². The summed E-state index contributed by atoms with van der Waals surface area (Å²) < 4.78 is 20.0. The average Bonchev–Trinajstić information content (AvgIpc) is 2.98. The van der Waals surface area contributed by atoms with Gasteiger partial charge in [-0.15, -0.1) is 0 Å². The molecule has 1 aliphatic heterocycles. The van der Waals surface area contributed by atoms with E-state index < -0.39 is 18.0 Å². The van der Waals surface area contributed by atoms with Crippen molar-refractivity contribution >= 4 is 11.9 Å². The molecule has 1 aromatic rings. The average molecular weight is 281 g/mol. The van der Waals surface area contributed by atoms with Gasteiger partial charge in [0.1, 0.15) is 25.2 Å². The molecule has 2 heterocycles. The fraction of sp³-hybridized carbons (Fsp3) is 0.385. The molecule has 0 saturated carbocycles. The van der Waals surface area contributed by atoms with Crippen molar-refractivity contribution in [3.63, 3.8) is 0 Å². The summed E-state index contributed by atoms with van der Waals surface area (Å²) >= 11 is 0. The van der Waals surface area contributed by atoms with E-state index in [0.717, 1.165) is 0 Å². The fourth-order valence-electron chi connectivity index (χ4n) is 1.48. The van der Waals surface area contributed by atoms with E-state index in [-0.39, 0.29) is 18.9 Å². The van der Waals surface area contributed by atoms with E-state index in [1.54, 1.807) is 12.1 Å². The molecular formula is C13H15NO6. The standard InChI is InChI=1S/C13H15NO6/c1-9(12(15)14-7-10-3-2-4-18-10)20-13(16)11-8-17-5-6-19-11/h2-4,8-9H,5-7H2,1H3,(H,14,15)/t9-/m1/s1. The van der Waals surface area contributed by atoms with Crippen molar-refractivity contribution in [2.45, 2.75) is 19.6 Å². The number of furan rings is 1. The van der Waals surface area contributed by atoms with Gasteiger partial charge in [0.15, 0.2) is 6.10 Å². The Morgan fingerprint density at radius 3 is 2.95 bits per heavy atom. The first-order valence-electron chi connectivity index (χ1n) is 6.12. The van der Waals surface area contributed by atoms with Crippen molar-refractivity contribution in [2.24, 2.45) is 0 Å². The van der Waals surface area contributed by atoms with Crippen LogP contribution in [0, 0.1) is 0 Å². The monoisotopic (exact) mass is 281 g/mol. The van der Waals surface area contributed by atoms with Gasteiger partial charge >= 0.3 is 5.97 Å². The molecule has 0 fully saturated rings. The largest absolute Gasteiger partial charge is 0.493 e. The van der Waals surface area contributed by atoms with Gasteiger partial charge in [-0.25, -0.2) is 4.79 Å². The third kappa shape index (κ3) is 3.78. The lowest BCUT2D eigenvalue weighted by atomic mass is 10.3. The third-order valence-electron chi connectivity index (χ3n) is 2.52. The Morgan fingerprint density at radius 1 is 1.45 bits per heavy atom. The van der Waals surface area contributed by atoms with Gasteiger partial charge in [-0.2, -0.15) is 0 Å². The van der Waals surface area contributed by atoms with Crippen molar-refractivity contribution in [3.8, 4) is 0 Å². The highest BCUT2D eigenvalue weighted by atomic mass is 16.6. The Balaban J connectivity index is 1.78. The Bertz CT molecular complexity index is 493. The number of esters is 1. The number of ether oxygens (including phenoxy) is 3. The molecule has 108 valence electrons. The third-order valence-corrected chi connectivity index (χ3v) is 2.52. The number of nitrogens with one attached hydrogen (secondary N) is 1. The first-order chi connectivity index (χ1) is 9.66. The van der Waals surface area contributed by atoms with Gasteiger partial charge in [0, 0.05) is 0 Å². The van der Waals surface area contributed by atoms with Crippen LogP contribution in [0.15, 0.2) is 34.8 Å². The number of rotatable bonds is 5. The fourth-order valence-corrected chi connectivity index (χ4v) is 1.48. The molecule has 0 bridgehead atoms. The van der Waals surface area contributed by atoms with Gasteiger partial charge in [-0.1, -0.05) is 0 Å². The van der Waals surface area contributed by atoms with Gasteiger partial charge in [0.2, 0.25) is 5.76 Å². The van der Waals surface area contributed by atoms with E-state index in [1.807, 2.05) is 0 Å². The molecule has 0 aliphatic carbocycles. The summed E-state index contributed by atoms with van der Waals surface area (Å²) in [6.07, 6.45) is 1.75. The molecule has 0 saturated heterocycles. The Morgan fingerprint density at radius 2 is 2.30 bits per heavy atom. The van der Waals surface area contributed by atoms with E-state index in [4.69, 9.17) is 18.6 Å². The lowest BCUT2D eigenvalue weighted by Crippen LogP contribution is -2.36. The maximum atomic E-state index is 11.7. The summed E-state index contributed by atoms with van der Waals surface area (Å²) in [4.78, 5) is 23.4. The molecule has 0 aromatic carbocycles. The summed E-state index contributed by atoms with van der Waals surface area (Å²) in [5.41, 5.74) is 0. The highest BCUT2D eigenvalue weighted by molar-refractivity contribution is 5.89. The number of amides is 1. The number of carbonyl (C=O) groups is 2. The van der Waals surface area contributed by atoms with Gasteiger partial charge < -0.3 is 23.9 Å². The predicted molar refractivity (Wildman–Crippen MR) is 66.1 cm³/mol. The predicted octanol–water partition coefficient (Wildman–Crippen LogP) is 0.716. The molecule has 0 spiro atoms. The van der Waals surface area contributed by atoms with Crippen molar-refractivity contribution in [2.75, 3.05) is 13.2 Å². The summed E-state index contributed by atoms with van der Waals surface area (Å²) in [7, 11) is 0. The molecule has 2 rings (SSSR count). The molecule has 1 atom stereocenters. The maximum absolute atomic E-state index is 11.7. The molecule has 0 unspecified atom stereocenters. The van der Waals surface area contributed by atoms with Gasteiger partial charge in [0.05, 0.1) is 12.8 Å². The number of hydrogen-bond acceptors (Lipinski definition) is 6. The van der Waals surface area contributed by atoms with Gasteiger partial charge in [-0.05, 0) is 19.1 Å². The Hall–Kier alpha value is -2.44. The van der Waals surface area contributed by atoms with Crippen molar-refractivity contribution in [1.82, 2.24) is 5.32 Å². The van der Waals surface area contributed by atoms with Crippen molar-refractivity contribution in [3.05, 3.63) is 36.2 Å². The van der Waals surface area contributed by atoms with Crippen molar-refractivity contribution < 1.29 is 28.2 Å². The minimum absolute atomic E-state index is 0.0399. The minimum Gasteiger partial charge on any atom is -0.493 e. The Kier molecular flexibility index (Phi) is 4.65. The molecule has 1 aliphatic rings. The number of hydrogen-bond donors (Lipinski definition) is 1. The van der Waals surface area contributed by atoms with Crippen LogP contribution in [0.25, 0.3) is 0 Å². The van der Waals surface area contributed by atoms with E-state index in [2.05, 4.69) is 5.32 Å².